The standard InChI is InChI=1S/C24H26N2O5S2/c1-3-23(19-14-16-21(17-15-19)32(2,28)29)25-24(27)18-26(20-10-6-4-7-11-20)33(30,31)22-12-8-5-9-13-22/h4-17,23H,3,18H2,1-2H3,(H,25,27). The van der Waals surface area contributed by atoms with Gasteiger partial charge < -0.3 is 5.32 Å². The number of carbonyl (C=O) groups is 1. The Morgan fingerprint density at radius 1 is 0.818 bits per heavy atom. The van der Waals surface area contributed by atoms with Crippen LogP contribution in [-0.4, -0.2) is 35.5 Å². The second-order valence-corrected chi connectivity index (χ2v) is 11.4. The van der Waals surface area contributed by atoms with Crippen LogP contribution in [0.3, 0.4) is 0 Å². The lowest BCUT2D eigenvalue weighted by Gasteiger charge is -2.25. The molecule has 1 N–H and O–H groups in total. The van der Waals surface area contributed by atoms with E-state index in [0.717, 1.165) is 16.1 Å². The smallest absolute Gasteiger partial charge is 0.264 e. The number of hydrogen-bond donors (Lipinski definition) is 1. The van der Waals surface area contributed by atoms with E-state index in [1.54, 1.807) is 60.7 Å². The number of amides is 1. The van der Waals surface area contributed by atoms with Gasteiger partial charge in [-0.25, -0.2) is 16.8 Å². The molecular formula is C24H26N2O5S2. The van der Waals surface area contributed by atoms with E-state index in [-0.39, 0.29) is 9.79 Å². The van der Waals surface area contributed by atoms with E-state index >= 15 is 0 Å². The molecule has 0 aromatic heterocycles. The van der Waals surface area contributed by atoms with Crippen LogP contribution in [0.4, 0.5) is 5.69 Å². The molecule has 9 heteroatoms. The average molecular weight is 487 g/mol. The topological polar surface area (TPSA) is 101 Å². The molecule has 3 aromatic carbocycles. The molecule has 7 nitrogen and oxygen atoms in total. The molecule has 1 amide bonds. The molecule has 33 heavy (non-hydrogen) atoms. The van der Waals surface area contributed by atoms with Crippen molar-refractivity contribution in [3.8, 4) is 0 Å². The summed E-state index contributed by atoms with van der Waals surface area (Å²) in [5.41, 5.74) is 1.11. The molecule has 3 rings (SSSR count). The van der Waals surface area contributed by atoms with Crippen molar-refractivity contribution in [1.29, 1.82) is 0 Å². The Morgan fingerprint density at radius 2 is 1.36 bits per heavy atom. The van der Waals surface area contributed by atoms with Crippen molar-refractivity contribution in [2.45, 2.75) is 29.2 Å². The first-order chi connectivity index (χ1) is 15.6. The van der Waals surface area contributed by atoms with E-state index in [2.05, 4.69) is 5.32 Å². The Bertz CT molecular complexity index is 1290. The Balaban J connectivity index is 1.85. The summed E-state index contributed by atoms with van der Waals surface area (Å²) in [6.07, 6.45) is 1.67. The van der Waals surface area contributed by atoms with Gasteiger partial charge in [-0.05, 0) is 48.4 Å². The summed E-state index contributed by atoms with van der Waals surface area (Å²) in [6, 6.07) is 22.3. The van der Waals surface area contributed by atoms with Crippen molar-refractivity contribution in [3.63, 3.8) is 0 Å². The van der Waals surface area contributed by atoms with E-state index in [0.29, 0.717) is 12.1 Å². The van der Waals surface area contributed by atoms with Crippen LogP contribution >= 0.6 is 0 Å². The summed E-state index contributed by atoms with van der Waals surface area (Å²) in [7, 11) is -7.30. The molecule has 0 fully saturated rings. The fourth-order valence-corrected chi connectivity index (χ4v) is 5.44. The quantitative estimate of drug-likeness (QED) is 0.499. The zero-order valence-electron chi connectivity index (χ0n) is 18.4. The maximum absolute atomic E-state index is 13.3. The number of anilines is 1. The van der Waals surface area contributed by atoms with E-state index in [1.165, 1.54) is 24.3 Å². The minimum Gasteiger partial charge on any atom is -0.348 e. The predicted molar refractivity (Wildman–Crippen MR) is 128 cm³/mol. The highest BCUT2D eigenvalue weighted by molar-refractivity contribution is 7.93. The SMILES string of the molecule is CCC(NC(=O)CN(c1ccccc1)S(=O)(=O)c1ccccc1)c1ccc(S(C)(=O)=O)cc1. The second-order valence-electron chi connectivity index (χ2n) is 7.53. The van der Waals surface area contributed by atoms with Crippen molar-refractivity contribution in [2.24, 2.45) is 0 Å². The summed E-state index contributed by atoms with van der Waals surface area (Å²) in [5.74, 6) is -0.475. The molecule has 0 saturated heterocycles. The number of hydrogen-bond acceptors (Lipinski definition) is 5. The maximum Gasteiger partial charge on any atom is 0.264 e. The van der Waals surface area contributed by atoms with Gasteiger partial charge in [-0.2, -0.15) is 0 Å². The largest absolute Gasteiger partial charge is 0.348 e. The molecule has 0 aliphatic rings. The zero-order valence-corrected chi connectivity index (χ0v) is 20.0. The van der Waals surface area contributed by atoms with Crippen molar-refractivity contribution >= 4 is 31.5 Å². The van der Waals surface area contributed by atoms with E-state index in [4.69, 9.17) is 0 Å². The normalized spacial score (nSPS) is 12.7. The highest BCUT2D eigenvalue weighted by Crippen LogP contribution is 2.24. The summed E-state index contributed by atoms with van der Waals surface area (Å²) >= 11 is 0. The summed E-state index contributed by atoms with van der Waals surface area (Å²) in [4.78, 5) is 13.2. The number of nitrogens with one attached hydrogen (secondary N) is 1. The van der Waals surface area contributed by atoms with Crippen LogP contribution in [0, 0.1) is 0 Å². The van der Waals surface area contributed by atoms with Crippen molar-refractivity contribution in [3.05, 3.63) is 90.5 Å². The summed E-state index contributed by atoms with van der Waals surface area (Å²) in [5, 5.41) is 2.87. The third kappa shape index (κ3) is 6.00. The Labute approximate surface area is 195 Å². The number of benzene rings is 3. The molecule has 0 bridgehead atoms. The highest BCUT2D eigenvalue weighted by atomic mass is 32.2. The minimum atomic E-state index is -3.97. The lowest BCUT2D eigenvalue weighted by molar-refractivity contribution is -0.120. The Kier molecular flexibility index (Phi) is 7.55. The van der Waals surface area contributed by atoms with Gasteiger partial charge in [-0.1, -0.05) is 55.5 Å². The van der Waals surface area contributed by atoms with Crippen molar-refractivity contribution in [1.82, 2.24) is 5.32 Å². The third-order valence-corrected chi connectivity index (χ3v) is 8.03. The summed E-state index contributed by atoms with van der Waals surface area (Å²) in [6.45, 7) is 1.48. The predicted octanol–water partition coefficient (Wildman–Crippen LogP) is 3.55. The first-order valence-corrected chi connectivity index (χ1v) is 13.7. The fraction of sp³-hybridized carbons (Fsp3) is 0.208. The number of sulfonamides is 1. The molecule has 0 heterocycles. The van der Waals surface area contributed by atoms with Gasteiger partial charge in [0.15, 0.2) is 9.84 Å². The fourth-order valence-electron chi connectivity index (χ4n) is 3.37. The Hall–Kier alpha value is -3.17. The second kappa shape index (κ2) is 10.2. The number of carbonyl (C=O) groups excluding carboxylic acids is 1. The zero-order chi connectivity index (χ0) is 24.1. The molecule has 0 spiro atoms. The van der Waals surface area contributed by atoms with Gasteiger partial charge in [0.25, 0.3) is 10.0 Å². The van der Waals surface area contributed by atoms with Gasteiger partial charge >= 0.3 is 0 Å². The number of para-hydroxylation sites is 1. The number of nitrogens with zero attached hydrogens (tertiary/aromatic N) is 1. The van der Waals surface area contributed by atoms with E-state index in [1.807, 2.05) is 6.92 Å². The maximum atomic E-state index is 13.3. The van der Waals surface area contributed by atoms with Crippen molar-refractivity contribution < 1.29 is 21.6 Å². The lowest BCUT2D eigenvalue weighted by atomic mass is 10.0. The number of rotatable bonds is 9. The van der Waals surface area contributed by atoms with E-state index < -0.39 is 38.4 Å². The molecule has 0 aliphatic carbocycles. The molecule has 0 aliphatic heterocycles. The molecule has 0 radical (unpaired) electrons. The molecule has 1 unspecified atom stereocenters. The van der Waals surface area contributed by atoms with Crippen LogP contribution < -0.4 is 9.62 Å². The van der Waals surface area contributed by atoms with E-state index in [9.17, 15) is 21.6 Å². The van der Waals surface area contributed by atoms with Crippen LogP contribution in [0.5, 0.6) is 0 Å². The Morgan fingerprint density at radius 3 is 1.88 bits per heavy atom. The summed E-state index contributed by atoms with van der Waals surface area (Å²) < 4.78 is 51.1. The van der Waals surface area contributed by atoms with Crippen LogP contribution in [0.15, 0.2) is 94.7 Å². The van der Waals surface area contributed by atoms with Gasteiger partial charge in [0.2, 0.25) is 5.91 Å². The molecular weight excluding hydrogens is 460 g/mol. The average Bonchev–Trinajstić information content (AvgIpc) is 2.81. The van der Waals surface area contributed by atoms with Crippen LogP contribution in [0.2, 0.25) is 0 Å². The van der Waals surface area contributed by atoms with Gasteiger partial charge in [-0.15, -0.1) is 0 Å². The van der Waals surface area contributed by atoms with Gasteiger partial charge in [0, 0.05) is 6.26 Å². The highest BCUT2D eigenvalue weighted by Gasteiger charge is 2.27. The monoisotopic (exact) mass is 486 g/mol. The van der Waals surface area contributed by atoms with Gasteiger partial charge in [-0.3, -0.25) is 9.10 Å². The van der Waals surface area contributed by atoms with Gasteiger partial charge in [0.1, 0.15) is 6.54 Å². The van der Waals surface area contributed by atoms with Gasteiger partial charge in [0.05, 0.1) is 21.5 Å². The third-order valence-electron chi connectivity index (χ3n) is 5.12. The van der Waals surface area contributed by atoms with Crippen LogP contribution in [-0.2, 0) is 24.7 Å². The van der Waals surface area contributed by atoms with Crippen LogP contribution in [0.25, 0.3) is 0 Å². The molecule has 1 atom stereocenters. The van der Waals surface area contributed by atoms with Crippen LogP contribution in [0.1, 0.15) is 24.9 Å². The first-order valence-electron chi connectivity index (χ1n) is 10.3. The number of sulfone groups is 1. The molecule has 0 saturated carbocycles. The minimum absolute atomic E-state index is 0.0880. The lowest BCUT2D eigenvalue weighted by Crippen LogP contribution is -2.42. The molecule has 3 aromatic rings. The first kappa shape index (κ1) is 24.5. The van der Waals surface area contributed by atoms with Crippen molar-refractivity contribution in [2.75, 3.05) is 17.1 Å². The molecule has 174 valence electrons.